The maximum absolute atomic E-state index is 13.3. The fourth-order valence-corrected chi connectivity index (χ4v) is 3.93. The molecule has 0 radical (unpaired) electrons. The molecule has 5 rings (SSSR count). The monoisotopic (exact) mass is 453 g/mol. The molecule has 1 saturated heterocycles. The number of aromatic amines is 2. The Morgan fingerprint density at radius 3 is 2.70 bits per heavy atom. The van der Waals surface area contributed by atoms with E-state index in [1.807, 2.05) is 23.1 Å². The number of H-pyrrole nitrogens is 2. The van der Waals surface area contributed by atoms with Crippen LogP contribution in [0.3, 0.4) is 0 Å². The summed E-state index contributed by atoms with van der Waals surface area (Å²) in [6.07, 6.45) is -3.26. The second kappa shape index (κ2) is 7.80. The molecule has 0 aliphatic carbocycles. The van der Waals surface area contributed by atoms with Gasteiger partial charge in [0.25, 0.3) is 0 Å². The van der Waals surface area contributed by atoms with Crippen molar-refractivity contribution in [2.24, 2.45) is 0 Å². The maximum atomic E-state index is 13.3. The van der Waals surface area contributed by atoms with E-state index >= 15 is 0 Å². The van der Waals surface area contributed by atoms with Crippen molar-refractivity contribution in [1.29, 1.82) is 0 Å². The molecule has 3 heterocycles. The van der Waals surface area contributed by atoms with Gasteiger partial charge in [-0.1, -0.05) is 18.2 Å². The van der Waals surface area contributed by atoms with E-state index in [1.165, 1.54) is 30.5 Å². The van der Waals surface area contributed by atoms with Gasteiger partial charge in [-0.05, 0) is 30.3 Å². The molecule has 1 amide bonds. The third kappa shape index (κ3) is 3.95. The number of nitrogens with zero attached hydrogens (tertiary/aromatic N) is 2. The minimum absolute atomic E-state index is 0.0395. The Morgan fingerprint density at radius 1 is 1.09 bits per heavy atom. The topological polar surface area (TPSA) is 93.9 Å². The predicted molar refractivity (Wildman–Crippen MR) is 116 cm³/mol. The van der Waals surface area contributed by atoms with E-state index in [0.717, 1.165) is 17.3 Å². The smallest absolute Gasteiger partial charge is 0.360 e. The highest BCUT2D eigenvalue weighted by atomic mass is 19.4. The van der Waals surface area contributed by atoms with Crippen molar-refractivity contribution in [1.82, 2.24) is 20.3 Å². The number of hydrogen-bond acceptors (Lipinski definition) is 4. The largest absolute Gasteiger partial charge is 0.417 e. The number of carbonyl (C=O) groups excluding carboxylic acids is 2. The zero-order chi connectivity index (χ0) is 23.2. The zero-order valence-electron chi connectivity index (χ0n) is 17.2. The van der Waals surface area contributed by atoms with Crippen LogP contribution in [0, 0.1) is 0 Å². The molecule has 1 aliphatic rings. The predicted octanol–water partition coefficient (Wildman–Crippen LogP) is 3.74. The van der Waals surface area contributed by atoms with Crippen molar-refractivity contribution < 1.29 is 22.8 Å². The number of nitrogens with one attached hydrogen (secondary N) is 3. The van der Waals surface area contributed by atoms with Crippen LogP contribution in [0.15, 0.2) is 54.7 Å². The number of imidazole rings is 1. The fraction of sp³-hybridized carbons (Fsp3) is 0.174. The van der Waals surface area contributed by atoms with E-state index in [4.69, 9.17) is 0 Å². The molecular weight excluding hydrogens is 435 g/mol. The van der Waals surface area contributed by atoms with Gasteiger partial charge in [-0.15, -0.1) is 0 Å². The van der Waals surface area contributed by atoms with Gasteiger partial charge in [0, 0.05) is 36.1 Å². The maximum Gasteiger partial charge on any atom is 0.417 e. The number of aromatic nitrogens is 3. The lowest BCUT2D eigenvalue weighted by molar-refractivity contribution is -0.137. The Morgan fingerprint density at radius 2 is 1.91 bits per heavy atom. The summed E-state index contributed by atoms with van der Waals surface area (Å²) in [5.74, 6) is -0.323. The Labute approximate surface area is 185 Å². The molecule has 10 heteroatoms. The molecule has 0 spiro atoms. The van der Waals surface area contributed by atoms with E-state index in [1.54, 1.807) is 0 Å². The summed E-state index contributed by atoms with van der Waals surface area (Å²) in [6.45, 7) is 1.54. The Kier molecular flexibility index (Phi) is 4.92. The lowest BCUT2D eigenvalue weighted by atomic mass is 9.99. The van der Waals surface area contributed by atoms with Crippen LogP contribution in [0.1, 0.15) is 21.5 Å². The van der Waals surface area contributed by atoms with E-state index in [2.05, 4.69) is 20.3 Å². The number of alkyl halides is 3. The van der Waals surface area contributed by atoms with Crippen LogP contribution in [0.5, 0.6) is 0 Å². The van der Waals surface area contributed by atoms with Gasteiger partial charge in [0.15, 0.2) is 11.6 Å². The van der Waals surface area contributed by atoms with Gasteiger partial charge >= 0.3 is 6.18 Å². The molecule has 7 nitrogen and oxygen atoms in total. The second-order valence-electron chi connectivity index (χ2n) is 7.73. The molecule has 33 heavy (non-hydrogen) atoms. The van der Waals surface area contributed by atoms with Gasteiger partial charge < -0.3 is 20.2 Å². The van der Waals surface area contributed by atoms with Crippen LogP contribution in [0.4, 0.5) is 18.9 Å². The quantitative estimate of drug-likeness (QED) is 0.411. The van der Waals surface area contributed by atoms with E-state index < -0.39 is 23.1 Å². The lowest BCUT2D eigenvalue weighted by Crippen LogP contribution is -2.47. The van der Waals surface area contributed by atoms with Crippen LogP contribution in [-0.2, 0) is 11.0 Å². The third-order valence-electron chi connectivity index (χ3n) is 5.55. The lowest BCUT2D eigenvalue weighted by Gasteiger charge is -2.28. The molecule has 0 saturated carbocycles. The molecule has 1 fully saturated rings. The molecule has 168 valence electrons. The minimum atomic E-state index is -4.63. The summed E-state index contributed by atoms with van der Waals surface area (Å²) in [4.78, 5) is 37.0. The highest BCUT2D eigenvalue weighted by Crippen LogP contribution is 2.33. The van der Waals surface area contributed by atoms with Crippen LogP contribution in [-0.4, -0.2) is 46.3 Å². The molecule has 4 aromatic rings. The first-order chi connectivity index (χ1) is 15.8. The molecule has 2 aromatic carbocycles. The average molecular weight is 453 g/mol. The van der Waals surface area contributed by atoms with E-state index in [0.29, 0.717) is 30.1 Å². The number of carbonyl (C=O) groups is 2. The highest BCUT2D eigenvalue weighted by molar-refractivity contribution is 6.10. The number of benzene rings is 2. The molecule has 1 aliphatic heterocycles. The van der Waals surface area contributed by atoms with Crippen molar-refractivity contribution in [2.45, 2.75) is 6.18 Å². The summed E-state index contributed by atoms with van der Waals surface area (Å²) in [6, 6.07) is 11.8. The first-order valence-corrected chi connectivity index (χ1v) is 10.2. The SMILES string of the molecule is O=C1CN(c2ccc3nc(-c4cc(C(=O)c5ccccc5C(F)(F)F)c[nH]4)[nH]c3c2)CCN1. The van der Waals surface area contributed by atoms with E-state index in [-0.39, 0.29) is 18.0 Å². The third-order valence-corrected chi connectivity index (χ3v) is 5.55. The molecule has 0 atom stereocenters. The summed E-state index contributed by atoms with van der Waals surface area (Å²) < 4.78 is 39.9. The molecule has 2 aromatic heterocycles. The number of hydrogen-bond donors (Lipinski definition) is 3. The van der Waals surface area contributed by atoms with Crippen LogP contribution < -0.4 is 10.2 Å². The molecule has 0 bridgehead atoms. The minimum Gasteiger partial charge on any atom is -0.360 e. The fourth-order valence-electron chi connectivity index (χ4n) is 3.93. The van der Waals surface area contributed by atoms with Crippen molar-refractivity contribution >= 4 is 28.4 Å². The van der Waals surface area contributed by atoms with Gasteiger partial charge in [-0.3, -0.25) is 9.59 Å². The van der Waals surface area contributed by atoms with Crippen LogP contribution >= 0.6 is 0 Å². The van der Waals surface area contributed by atoms with E-state index in [9.17, 15) is 22.8 Å². The number of rotatable bonds is 4. The van der Waals surface area contributed by atoms with Gasteiger partial charge in [0.2, 0.25) is 5.91 Å². The summed E-state index contributed by atoms with van der Waals surface area (Å²) in [5.41, 5.74) is 1.48. The molecule has 0 unspecified atom stereocenters. The van der Waals surface area contributed by atoms with Crippen molar-refractivity contribution in [3.8, 4) is 11.5 Å². The number of amides is 1. The number of fused-ring (bicyclic) bond motifs is 1. The van der Waals surface area contributed by atoms with Crippen molar-refractivity contribution in [2.75, 3.05) is 24.5 Å². The van der Waals surface area contributed by atoms with Crippen LogP contribution in [0.2, 0.25) is 0 Å². The number of ketones is 1. The van der Waals surface area contributed by atoms with Crippen LogP contribution in [0.25, 0.3) is 22.6 Å². The average Bonchev–Trinajstić information content (AvgIpc) is 3.45. The molecule has 3 N–H and O–H groups in total. The first kappa shape index (κ1) is 20.8. The normalized spacial score (nSPS) is 14.5. The zero-order valence-corrected chi connectivity index (χ0v) is 17.2. The number of piperazine rings is 1. The van der Waals surface area contributed by atoms with Gasteiger partial charge in [0.1, 0.15) is 0 Å². The standard InChI is InChI=1S/C23H18F3N5O2/c24-23(25,26)16-4-2-1-3-15(16)21(33)13-9-19(28-11-13)22-29-17-6-5-14(10-18(17)30-22)31-8-7-27-20(32)12-31/h1-6,9-11,28H,7-8,12H2,(H,27,32)(H,29,30). The molecular formula is C23H18F3N5O2. The van der Waals surface area contributed by atoms with Gasteiger partial charge in [0.05, 0.1) is 28.8 Å². The summed E-state index contributed by atoms with van der Waals surface area (Å²) >= 11 is 0. The van der Waals surface area contributed by atoms with Crippen molar-refractivity contribution in [3.63, 3.8) is 0 Å². The Balaban J connectivity index is 1.44. The summed E-state index contributed by atoms with van der Waals surface area (Å²) in [5, 5.41) is 2.78. The Bertz CT molecular complexity index is 1370. The number of anilines is 1. The van der Waals surface area contributed by atoms with Gasteiger partial charge in [-0.2, -0.15) is 13.2 Å². The van der Waals surface area contributed by atoms with Gasteiger partial charge in [-0.25, -0.2) is 4.98 Å². The Hall–Kier alpha value is -4.08. The van der Waals surface area contributed by atoms with Crippen molar-refractivity contribution in [3.05, 3.63) is 71.4 Å². The summed E-state index contributed by atoms with van der Waals surface area (Å²) in [7, 11) is 0. The second-order valence-corrected chi connectivity index (χ2v) is 7.73. The highest BCUT2D eigenvalue weighted by Gasteiger charge is 2.35. The first-order valence-electron chi connectivity index (χ1n) is 10.2. The number of halogens is 3.